The zero-order valence-corrected chi connectivity index (χ0v) is 15.8. The molecule has 25 heavy (non-hydrogen) atoms. The quantitative estimate of drug-likeness (QED) is 0.399. The SMILES string of the molecule is CC1=CCC(C#CC2C=c3[nH]c(C)nc3=CC2Cl)C=C1.O=C(O)CS. The summed E-state index contributed by atoms with van der Waals surface area (Å²) in [5, 5.41) is 9.51. The van der Waals surface area contributed by atoms with E-state index >= 15 is 0 Å². The zero-order valence-electron chi connectivity index (χ0n) is 14.2. The number of alkyl halides is 1. The molecule has 0 radical (unpaired) electrons. The van der Waals surface area contributed by atoms with E-state index in [9.17, 15) is 4.79 Å². The Morgan fingerprint density at radius 3 is 2.76 bits per heavy atom. The molecule has 0 fully saturated rings. The zero-order chi connectivity index (χ0) is 18.4. The van der Waals surface area contributed by atoms with Crippen molar-refractivity contribution in [2.24, 2.45) is 11.8 Å². The maximum Gasteiger partial charge on any atom is 0.313 e. The number of aliphatic carboxylic acids is 1. The first-order valence-electron chi connectivity index (χ1n) is 7.98. The molecule has 0 bridgehead atoms. The van der Waals surface area contributed by atoms with Crippen LogP contribution < -0.4 is 10.7 Å². The van der Waals surface area contributed by atoms with Crippen LogP contribution in [0.25, 0.3) is 12.2 Å². The van der Waals surface area contributed by atoms with E-state index in [0.29, 0.717) is 5.92 Å². The smallest absolute Gasteiger partial charge is 0.313 e. The van der Waals surface area contributed by atoms with Gasteiger partial charge in [0.25, 0.3) is 0 Å². The summed E-state index contributed by atoms with van der Waals surface area (Å²) >= 11 is 9.80. The van der Waals surface area contributed by atoms with Crippen LogP contribution in [0.5, 0.6) is 0 Å². The second-order valence-electron chi connectivity index (χ2n) is 5.91. The molecule has 1 aromatic rings. The van der Waals surface area contributed by atoms with Gasteiger partial charge >= 0.3 is 5.97 Å². The Labute approximate surface area is 157 Å². The van der Waals surface area contributed by atoms with E-state index in [2.05, 4.69) is 65.7 Å². The first-order valence-corrected chi connectivity index (χ1v) is 9.05. The second kappa shape index (κ2) is 8.98. The average molecular weight is 377 g/mol. The first-order chi connectivity index (χ1) is 11.9. The molecule has 3 atom stereocenters. The van der Waals surface area contributed by atoms with Gasteiger partial charge in [0.2, 0.25) is 0 Å². The number of thiol groups is 1. The van der Waals surface area contributed by atoms with Gasteiger partial charge in [0.05, 0.1) is 27.7 Å². The molecule has 0 amide bonds. The van der Waals surface area contributed by atoms with Gasteiger partial charge in [-0.1, -0.05) is 35.6 Å². The molecule has 0 aliphatic heterocycles. The Hall–Kier alpha value is -1.90. The second-order valence-corrected chi connectivity index (χ2v) is 6.73. The molecule has 0 spiro atoms. The molecule has 2 aliphatic rings. The number of H-pyrrole nitrogens is 1. The monoisotopic (exact) mass is 376 g/mol. The maximum absolute atomic E-state index is 9.29. The number of aromatic amines is 1. The molecule has 0 saturated carbocycles. The number of aryl methyl sites for hydroxylation is 1. The van der Waals surface area contributed by atoms with Crippen LogP contribution in [0.2, 0.25) is 0 Å². The van der Waals surface area contributed by atoms with Crippen molar-refractivity contribution in [2.75, 3.05) is 5.75 Å². The Morgan fingerprint density at radius 1 is 1.44 bits per heavy atom. The summed E-state index contributed by atoms with van der Waals surface area (Å²) < 4.78 is 0. The molecular formula is C19H21ClN2O2S. The minimum atomic E-state index is -0.881. The lowest BCUT2D eigenvalue weighted by Crippen LogP contribution is -2.33. The summed E-state index contributed by atoms with van der Waals surface area (Å²) in [5.41, 5.74) is 1.31. The number of imidazole rings is 1. The van der Waals surface area contributed by atoms with Gasteiger partial charge in [0.1, 0.15) is 5.82 Å². The Kier molecular flexibility index (Phi) is 6.98. The normalized spacial score (nSPS) is 23.5. The van der Waals surface area contributed by atoms with Gasteiger partial charge in [-0.05, 0) is 32.4 Å². The number of halogens is 1. The predicted molar refractivity (Wildman–Crippen MR) is 105 cm³/mol. The Balaban J connectivity index is 0.000000399. The third-order valence-corrected chi connectivity index (χ3v) is 4.41. The van der Waals surface area contributed by atoms with Crippen LogP contribution in [0.4, 0.5) is 0 Å². The summed E-state index contributed by atoms with van der Waals surface area (Å²) in [6.07, 6.45) is 11.6. The summed E-state index contributed by atoms with van der Waals surface area (Å²) in [6.45, 7) is 4.06. The third-order valence-electron chi connectivity index (χ3n) is 3.74. The number of hydrogen-bond donors (Lipinski definition) is 3. The van der Waals surface area contributed by atoms with Crippen LogP contribution >= 0.6 is 24.2 Å². The van der Waals surface area contributed by atoms with Gasteiger partial charge in [-0.25, -0.2) is 4.98 Å². The number of hydrogen-bond acceptors (Lipinski definition) is 3. The van der Waals surface area contributed by atoms with E-state index in [1.807, 2.05) is 13.0 Å². The fourth-order valence-corrected chi connectivity index (χ4v) is 2.72. The van der Waals surface area contributed by atoms with E-state index in [1.54, 1.807) is 0 Å². The summed E-state index contributed by atoms with van der Waals surface area (Å²) in [6, 6.07) is 0. The number of fused-ring (bicyclic) bond motifs is 1. The number of allylic oxidation sites excluding steroid dienone is 4. The molecule has 4 nitrogen and oxygen atoms in total. The lowest BCUT2D eigenvalue weighted by molar-refractivity contribution is -0.133. The lowest BCUT2D eigenvalue weighted by atomic mass is 9.95. The van der Waals surface area contributed by atoms with Gasteiger partial charge in [-0.15, -0.1) is 11.6 Å². The molecule has 2 aliphatic carbocycles. The highest BCUT2D eigenvalue weighted by molar-refractivity contribution is 7.81. The van der Waals surface area contributed by atoms with Crippen molar-refractivity contribution < 1.29 is 9.90 Å². The summed E-state index contributed by atoms with van der Waals surface area (Å²) in [7, 11) is 0. The highest BCUT2D eigenvalue weighted by Crippen LogP contribution is 2.18. The van der Waals surface area contributed by atoms with Crippen LogP contribution in [-0.4, -0.2) is 32.2 Å². The van der Waals surface area contributed by atoms with Crippen molar-refractivity contribution in [3.05, 3.63) is 40.3 Å². The van der Waals surface area contributed by atoms with Gasteiger partial charge in [-0.2, -0.15) is 12.6 Å². The van der Waals surface area contributed by atoms with Crippen molar-refractivity contribution in [3.8, 4) is 11.8 Å². The molecule has 132 valence electrons. The van der Waals surface area contributed by atoms with Crippen molar-refractivity contribution in [3.63, 3.8) is 0 Å². The molecule has 6 heteroatoms. The van der Waals surface area contributed by atoms with Crippen LogP contribution in [0, 0.1) is 30.6 Å². The predicted octanol–water partition coefficient (Wildman–Crippen LogP) is 2.04. The van der Waals surface area contributed by atoms with Crippen LogP contribution in [0.3, 0.4) is 0 Å². The Morgan fingerprint density at radius 2 is 2.16 bits per heavy atom. The van der Waals surface area contributed by atoms with Gasteiger partial charge in [-0.3, -0.25) is 4.79 Å². The maximum atomic E-state index is 9.29. The molecule has 3 unspecified atom stereocenters. The van der Waals surface area contributed by atoms with E-state index in [0.717, 1.165) is 22.9 Å². The molecule has 0 aromatic carbocycles. The van der Waals surface area contributed by atoms with Crippen LogP contribution in [0.15, 0.2) is 23.8 Å². The minimum Gasteiger partial charge on any atom is -0.481 e. The van der Waals surface area contributed by atoms with E-state index in [1.165, 1.54) is 5.57 Å². The average Bonchev–Trinajstić information content (AvgIpc) is 2.93. The highest BCUT2D eigenvalue weighted by atomic mass is 35.5. The molecule has 3 rings (SSSR count). The molecule has 1 heterocycles. The Bertz CT molecular complexity index is 873. The van der Waals surface area contributed by atoms with E-state index in [-0.39, 0.29) is 17.0 Å². The van der Waals surface area contributed by atoms with Gasteiger partial charge in [0.15, 0.2) is 0 Å². The number of aromatic nitrogens is 2. The summed E-state index contributed by atoms with van der Waals surface area (Å²) in [5.74, 6) is 6.94. The first kappa shape index (κ1) is 19.4. The number of carboxylic acid groups (broad SMARTS) is 1. The number of carboxylic acids is 1. The molecule has 2 N–H and O–H groups in total. The van der Waals surface area contributed by atoms with Crippen molar-refractivity contribution in [1.29, 1.82) is 0 Å². The topological polar surface area (TPSA) is 66.0 Å². The van der Waals surface area contributed by atoms with Crippen LogP contribution in [0.1, 0.15) is 19.2 Å². The van der Waals surface area contributed by atoms with Gasteiger partial charge < -0.3 is 10.1 Å². The summed E-state index contributed by atoms with van der Waals surface area (Å²) in [4.78, 5) is 16.9. The van der Waals surface area contributed by atoms with Crippen molar-refractivity contribution in [2.45, 2.75) is 25.6 Å². The minimum absolute atomic E-state index is 0.0458. The highest BCUT2D eigenvalue weighted by Gasteiger charge is 2.17. The van der Waals surface area contributed by atoms with Gasteiger partial charge in [0, 0.05) is 5.92 Å². The fraction of sp³-hybridized carbons (Fsp3) is 0.368. The lowest BCUT2D eigenvalue weighted by Gasteiger charge is -2.13. The van der Waals surface area contributed by atoms with Crippen molar-refractivity contribution >= 4 is 42.4 Å². The fourth-order valence-electron chi connectivity index (χ4n) is 2.47. The van der Waals surface area contributed by atoms with E-state index in [4.69, 9.17) is 16.7 Å². The number of nitrogens with one attached hydrogen (secondary N) is 1. The molecular weight excluding hydrogens is 356 g/mol. The van der Waals surface area contributed by atoms with E-state index < -0.39 is 5.97 Å². The van der Waals surface area contributed by atoms with Crippen LogP contribution in [-0.2, 0) is 4.79 Å². The van der Waals surface area contributed by atoms with Crippen molar-refractivity contribution in [1.82, 2.24) is 9.97 Å². The number of rotatable bonds is 1. The third kappa shape index (κ3) is 5.84. The molecule has 0 saturated heterocycles. The molecule has 1 aromatic heterocycles. The standard InChI is InChI=1S/C17H17ClN2.C2H4O2S/c1-11-3-5-13(6-4-11)7-8-14-9-16-17(10-15(14)18)20-12(2)19-16;3-2(4)1-5/h3-5,9-10,13-15H,6H2,1-2H3,(H,19,20);5H,1H2,(H,3,4). The largest absolute Gasteiger partial charge is 0.481 e. The number of carbonyl (C=O) groups is 1. The number of nitrogens with zero attached hydrogens (tertiary/aromatic N) is 1.